The SMILES string of the molecule is O=C(CCc1ccc(S(=O)(=O)NC2CCCCC2)cc1)NC1CCCCCC1. The number of carbonyl (C=O) groups is 1. The molecule has 0 saturated heterocycles. The zero-order valence-electron chi connectivity index (χ0n) is 16.8. The van der Waals surface area contributed by atoms with Gasteiger partial charge in [-0.1, -0.05) is 57.1 Å². The number of benzene rings is 1. The van der Waals surface area contributed by atoms with Crippen LogP contribution in [0, 0.1) is 0 Å². The van der Waals surface area contributed by atoms with Crippen molar-refractivity contribution in [2.45, 2.75) is 100 Å². The van der Waals surface area contributed by atoms with Crippen molar-refractivity contribution in [3.05, 3.63) is 29.8 Å². The Labute approximate surface area is 169 Å². The van der Waals surface area contributed by atoms with Crippen LogP contribution in [0.15, 0.2) is 29.2 Å². The van der Waals surface area contributed by atoms with Crippen LogP contribution in [0.1, 0.15) is 82.6 Å². The molecule has 2 N–H and O–H groups in total. The maximum Gasteiger partial charge on any atom is 0.240 e. The smallest absolute Gasteiger partial charge is 0.240 e. The highest BCUT2D eigenvalue weighted by Gasteiger charge is 2.21. The second-order valence-electron chi connectivity index (χ2n) is 8.36. The number of sulfonamides is 1. The first-order valence-electron chi connectivity index (χ1n) is 10.9. The van der Waals surface area contributed by atoms with Crippen LogP contribution in [-0.4, -0.2) is 26.4 Å². The summed E-state index contributed by atoms with van der Waals surface area (Å²) in [5.74, 6) is 0.0996. The molecule has 1 amide bonds. The maximum atomic E-state index is 12.6. The first-order chi connectivity index (χ1) is 13.5. The van der Waals surface area contributed by atoms with E-state index in [0.29, 0.717) is 23.8 Å². The van der Waals surface area contributed by atoms with Gasteiger partial charge in [0.2, 0.25) is 15.9 Å². The summed E-state index contributed by atoms with van der Waals surface area (Å²) in [7, 11) is -3.46. The molecule has 0 spiro atoms. The third kappa shape index (κ3) is 6.59. The lowest BCUT2D eigenvalue weighted by Gasteiger charge is -2.22. The summed E-state index contributed by atoms with van der Waals surface area (Å²) in [6.07, 6.45) is 13.4. The molecular formula is C22H34N2O3S. The van der Waals surface area contributed by atoms with Gasteiger partial charge in [0.1, 0.15) is 0 Å². The number of nitrogens with one attached hydrogen (secondary N) is 2. The predicted octanol–water partition coefficient (Wildman–Crippen LogP) is 4.07. The van der Waals surface area contributed by atoms with Gasteiger partial charge >= 0.3 is 0 Å². The van der Waals surface area contributed by atoms with Crippen LogP contribution in [0.2, 0.25) is 0 Å². The maximum absolute atomic E-state index is 12.6. The molecule has 28 heavy (non-hydrogen) atoms. The molecule has 3 rings (SSSR count). The van der Waals surface area contributed by atoms with Crippen molar-refractivity contribution in [3.63, 3.8) is 0 Å². The van der Waals surface area contributed by atoms with E-state index in [2.05, 4.69) is 10.0 Å². The highest BCUT2D eigenvalue weighted by molar-refractivity contribution is 7.89. The first-order valence-corrected chi connectivity index (χ1v) is 12.4. The van der Waals surface area contributed by atoms with Gasteiger partial charge in [0.15, 0.2) is 0 Å². The highest BCUT2D eigenvalue weighted by atomic mass is 32.2. The summed E-state index contributed by atoms with van der Waals surface area (Å²) >= 11 is 0. The molecule has 2 aliphatic carbocycles. The van der Waals surface area contributed by atoms with E-state index in [0.717, 1.165) is 44.1 Å². The molecule has 156 valence electrons. The number of rotatable bonds is 7. The van der Waals surface area contributed by atoms with E-state index in [-0.39, 0.29) is 11.9 Å². The van der Waals surface area contributed by atoms with Gasteiger partial charge in [-0.2, -0.15) is 0 Å². The Balaban J connectivity index is 1.47. The summed E-state index contributed by atoms with van der Waals surface area (Å²) in [4.78, 5) is 12.5. The Morgan fingerprint density at radius 2 is 1.36 bits per heavy atom. The van der Waals surface area contributed by atoms with E-state index in [4.69, 9.17) is 0 Å². The van der Waals surface area contributed by atoms with E-state index >= 15 is 0 Å². The Hall–Kier alpha value is -1.40. The summed E-state index contributed by atoms with van der Waals surface area (Å²) < 4.78 is 27.9. The zero-order valence-corrected chi connectivity index (χ0v) is 17.6. The molecule has 1 aromatic rings. The number of aryl methyl sites for hydroxylation is 1. The molecule has 0 bridgehead atoms. The third-order valence-electron chi connectivity index (χ3n) is 6.02. The van der Waals surface area contributed by atoms with Crippen LogP contribution >= 0.6 is 0 Å². The van der Waals surface area contributed by atoms with Crippen LogP contribution in [0.4, 0.5) is 0 Å². The van der Waals surface area contributed by atoms with Crippen molar-refractivity contribution >= 4 is 15.9 Å². The summed E-state index contributed by atoms with van der Waals surface area (Å²) in [5.41, 5.74) is 0.993. The van der Waals surface area contributed by atoms with E-state index in [9.17, 15) is 13.2 Å². The van der Waals surface area contributed by atoms with Crippen molar-refractivity contribution in [2.75, 3.05) is 0 Å². The third-order valence-corrected chi connectivity index (χ3v) is 7.56. The predicted molar refractivity (Wildman–Crippen MR) is 112 cm³/mol. The van der Waals surface area contributed by atoms with Gasteiger partial charge in [0, 0.05) is 18.5 Å². The second kappa shape index (κ2) is 10.4. The summed E-state index contributed by atoms with van der Waals surface area (Å²) in [6.45, 7) is 0. The molecule has 2 aliphatic rings. The Morgan fingerprint density at radius 3 is 1.96 bits per heavy atom. The minimum absolute atomic E-state index is 0.0612. The van der Waals surface area contributed by atoms with Crippen LogP contribution in [0.25, 0.3) is 0 Å². The quantitative estimate of drug-likeness (QED) is 0.670. The molecule has 5 nitrogen and oxygen atoms in total. The minimum Gasteiger partial charge on any atom is -0.353 e. The normalized spacial score (nSPS) is 19.9. The van der Waals surface area contributed by atoms with Crippen molar-refractivity contribution in [3.8, 4) is 0 Å². The average Bonchev–Trinajstić information content (AvgIpc) is 2.96. The van der Waals surface area contributed by atoms with Crippen molar-refractivity contribution in [1.29, 1.82) is 0 Å². The second-order valence-corrected chi connectivity index (χ2v) is 10.1. The Kier molecular flexibility index (Phi) is 7.91. The van der Waals surface area contributed by atoms with E-state index in [1.807, 2.05) is 12.1 Å². The molecule has 0 radical (unpaired) electrons. The number of carbonyl (C=O) groups excluding carboxylic acids is 1. The van der Waals surface area contributed by atoms with Crippen LogP contribution in [0.5, 0.6) is 0 Å². The fourth-order valence-electron chi connectivity index (χ4n) is 4.32. The average molecular weight is 407 g/mol. The van der Waals surface area contributed by atoms with Crippen molar-refractivity contribution in [1.82, 2.24) is 10.0 Å². The number of hydrogen-bond acceptors (Lipinski definition) is 3. The lowest BCUT2D eigenvalue weighted by molar-refractivity contribution is -0.121. The summed E-state index contributed by atoms with van der Waals surface area (Å²) in [5, 5.41) is 3.17. The standard InChI is InChI=1S/C22H34N2O3S/c25-22(23-19-8-4-1-2-5-9-19)17-14-18-12-15-21(16-13-18)28(26,27)24-20-10-6-3-7-11-20/h12-13,15-16,19-20,24H,1-11,14,17H2,(H,23,25). The van der Waals surface area contributed by atoms with Crippen LogP contribution in [0.3, 0.4) is 0 Å². The molecule has 0 heterocycles. The molecule has 0 unspecified atom stereocenters. The number of amides is 1. The van der Waals surface area contributed by atoms with E-state index in [1.54, 1.807) is 12.1 Å². The molecule has 0 aliphatic heterocycles. The lowest BCUT2D eigenvalue weighted by Crippen LogP contribution is -2.36. The fraction of sp³-hybridized carbons (Fsp3) is 0.682. The van der Waals surface area contributed by atoms with Gasteiger partial charge in [-0.3, -0.25) is 4.79 Å². The highest BCUT2D eigenvalue weighted by Crippen LogP contribution is 2.21. The van der Waals surface area contributed by atoms with E-state index < -0.39 is 10.0 Å². The Morgan fingerprint density at radius 1 is 0.821 bits per heavy atom. The molecule has 2 saturated carbocycles. The van der Waals surface area contributed by atoms with Crippen LogP contribution < -0.4 is 10.0 Å². The van der Waals surface area contributed by atoms with Crippen molar-refractivity contribution < 1.29 is 13.2 Å². The summed E-state index contributed by atoms with van der Waals surface area (Å²) in [6, 6.07) is 7.36. The van der Waals surface area contributed by atoms with Crippen molar-refractivity contribution in [2.24, 2.45) is 0 Å². The van der Waals surface area contributed by atoms with Crippen LogP contribution in [-0.2, 0) is 21.2 Å². The number of hydrogen-bond donors (Lipinski definition) is 2. The monoisotopic (exact) mass is 406 g/mol. The fourth-order valence-corrected chi connectivity index (χ4v) is 5.63. The van der Waals surface area contributed by atoms with Gasteiger partial charge in [-0.05, 0) is 49.8 Å². The van der Waals surface area contributed by atoms with Gasteiger partial charge < -0.3 is 5.32 Å². The molecule has 6 heteroatoms. The van der Waals surface area contributed by atoms with Gasteiger partial charge in [0.05, 0.1) is 4.90 Å². The molecule has 0 atom stereocenters. The Bertz CT molecular complexity index is 717. The van der Waals surface area contributed by atoms with Gasteiger partial charge in [-0.25, -0.2) is 13.1 Å². The molecule has 1 aromatic carbocycles. The largest absolute Gasteiger partial charge is 0.353 e. The molecular weight excluding hydrogens is 372 g/mol. The minimum atomic E-state index is -3.46. The zero-order chi connectivity index (χ0) is 19.8. The molecule has 0 aromatic heterocycles. The lowest BCUT2D eigenvalue weighted by atomic mass is 9.96. The van der Waals surface area contributed by atoms with Gasteiger partial charge in [-0.15, -0.1) is 0 Å². The molecule has 2 fully saturated rings. The first kappa shape index (κ1) is 21.3. The topological polar surface area (TPSA) is 75.3 Å². The van der Waals surface area contributed by atoms with E-state index in [1.165, 1.54) is 32.1 Å². The van der Waals surface area contributed by atoms with Gasteiger partial charge in [0.25, 0.3) is 0 Å².